The molecule has 7 heteroatoms. The van der Waals surface area contributed by atoms with E-state index in [1.54, 1.807) is 18.2 Å². The van der Waals surface area contributed by atoms with Crippen LogP contribution in [0.2, 0.25) is 0 Å². The number of amides is 3. The number of carbonyl (C=O) groups is 2. The fraction of sp³-hybridized carbons (Fsp3) is 0.333. The number of carbonyl (C=O) groups excluding carboxylic acids is 2. The van der Waals surface area contributed by atoms with Crippen LogP contribution in [0, 0.1) is 0 Å². The molecule has 0 aromatic heterocycles. The molecule has 4 N–H and O–H groups in total. The van der Waals surface area contributed by atoms with Crippen LogP contribution in [0.15, 0.2) is 24.3 Å². The Morgan fingerprint density at radius 3 is 2.79 bits per heavy atom. The first-order valence-electron chi connectivity index (χ1n) is 5.86. The number of rotatable bonds is 7. The minimum absolute atomic E-state index is 0.361. The zero-order valence-corrected chi connectivity index (χ0v) is 10.9. The second kappa shape index (κ2) is 7.93. The molecule has 0 saturated heterocycles. The van der Waals surface area contributed by atoms with E-state index >= 15 is 0 Å². The van der Waals surface area contributed by atoms with Crippen LogP contribution in [0.4, 0.5) is 10.5 Å². The summed E-state index contributed by atoms with van der Waals surface area (Å²) in [5, 5.41) is 5.33. The standard InChI is InChI=1S/C12H18N4O3/c1-3-11(16-13-8-17)15-12(18)14-9-6-4-5-7-10(9)19-2/h4-8,11,16H,3H2,1-2H3,(H,13,17)(H2,14,15,18). The van der Waals surface area contributed by atoms with Crippen molar-refractivity contribution in [2.75, 3.05) is 12.4 Å². The highest BCUT2D eigenvalue weighted by molar-refractivity contribution is 5.91. The molecule has 1 rings (SSSR count). The van der Waals surface area contributed by atoms with Gasteiger partial charge >= 0.3 is 6.03 Å². The van der Waals surface area contributed by atoms with Gasteiger partial charge < -0.3 is 15.4 Å². The second-order valence-electron chi connectivity index (χ2n) is 3.67. The average Bonchev–Trinajstić information content (AvgIpc) is 2.44. The van der Waals surface area contributed by atoms with Gasteiger partial charge in [0.1, 0.15) is 5.75 Å². The topological polar surface area (TPSA) is 91.5 Å². The van der Waals surface area contributed by atoms with Crippen molar-refractivity contribution >= 4 is 18.1 Å². The Labute approximate surface area is 111 Å². The fourth-order valence-electron chi connectivity index (χ4n) is 1.44. The van der Waals surface area contributed by atoms with Crippen LogP contribution < -0.4 is 26.2 Å². The number of hydrogen-bond donors (Lipinski definition) is 4. The molecule has 0 heterocycles. The number of ether oxygens (including phenoxy) is 1. The number of hydrazine groups is 1. The van der Waals surface area contributed by atoms with Crippen molar-refractivity contribution in [1.82, 2.24) is 16.2 Å². The van der Waals surface area contributed by atoms with Gasteiger partial charge in [-0.2, -0.15) is 0 Å². The Hall–Kier alpha value is -2.28. The summed E-state index contributed by atoms with van der Waals surface area (Å²) < 4.78 is 5.13. The number of nitrogens with one attached hydrogen (secondary N) is 4. The van der Waals surface area contributed by atoms with Crippen LogP contribution in [-0.2, 0) is 4.79 Å². The molecule has 104 valence electrons. The van der Waals surface area contributed by atoms with Crippen molar-refractivity contribution in [3.8, 4) is 5.75 Å². The third-order valence-electron chi connectivity index (χ3n) is 2.39. The Morgan fingerprint density at radius 1 is 1.42 bits per heavy atom. The van der Waals surface area contributed by atoms with Gasteiger partial charge in [0.05, 0.1) is 19.0 Å². The first-order chi connectivity index (χ1) is 9.21. The lowest BCUT2D eigenvalue weighted by Crippen LogP contribution is -2.51. The summed E-state index contributed by atoms with van der Waals surface area (Å²) in [6.45, 7) is 1.87. The Kier molecular flexibility index (Phi) is 6.17. The van der Waals surface area contributed by atoms with Crippen molar-refractivity contribution in [3.05, 3.63) is 24.3 Å². The summed E-state index contributed by atoms with van der Waals surface area (Å²) in [5.41, 5.74) is 5.51. The Balaban J connectivity index is 2.56. The van der Waals surface area contributed by atoms with E-state index in [2.05, 4.69) is 21.5 Å². The predicted molar refractivity (Wildman–Crippen MR) is 71.6 cm³/mol. The first kappa shape index (κ1) is 14.8. The lowest BCUT2D eigenvalue weighted by atomic mass is 10.3. The van der Waals surface area contributed by atoms with Gasteiger partial charge in [0, 0.05) is 0 Å². The SMILES string of the molecule is CCC(NNC=O)NC(=O)Nc1ccccc1OC. The summed E-state index contributed by atoms with van der Waals surface area (Å²) in [6, 6.07) is 6.69. The number of anilines is 1. The van der Waals surface area contributed by atoms with Crippen LogP contribution in [0.25, 0.3) is 0 Å². The third kappa shape index (κ3) is 4.84. The van der Waals surface area contributed by atoms with Crippen molar-refractivity contribution < 1.29 is 14.3 Å². The van der Waals surface area contributed by atoms with E-state index < -0.39 is 6.03 Å². The maximum atomic E-state index is 11.8. The summed E-state index contributed by atoms with van der Waals surface area (Å²) in [5.74, 6) is 0.574. The molecule has 1 atom stereocenters. The first-order valence-corrected chi connectivity index (χ1v) is 5.86. The van der Waals surface area contributed by atoms with Gasteiger partial charge in [0.2, 0.25) is 6.41 Å². The summed E-state index contributed by atoms with van der Waals surface area (Å²) in [6.07, 6.45) is 0.753. The summed E-state index contributed by atoms with van der Waals surface area (Å²) in [7, 11) is 1.53. The van der Waals surface area contributed by atoms with Gasteiger partial charge in [-0.15, -0.1) is 0 Å². The molecule has 0 saturated carbocycles. The van der Waals surface area contributed by atoms with Crippen molar-refractivity contribution in [2.45, 2.75) is 19.5 Å². The largest absolute Gasteiger partial charge is 0.495 e. The summed E-state index contributed by atoms with van der Waals surface area (Å²) in [4.78, 5) is 21.9. The molecule has 0 aliphatic heterocycles. The van der Waals surface area contributed by atoms with Gasteiger partial charge in [-0.3, -0.25) is 10.2 Å². The number of benzene rings is 1. The van der Waals surface area contributed by atoms with Crippen molar-refractivity contribution in [3.63, 3.8) is 0 Å². The highest BCUT2D eigenvalue weighted by atomic mass is 16.5. The molecule has 1 aromatic carbocycles. The van der Waals surface area contributed by atoms with E-state index in [0.29, 0.717) is 24.3 Å². The van der Waals surface area contributed by atoms with Crippen LogP contribution in [0.3, 0.4) is 0 Å². The third-order valence-corrected chi connectivity index (χ3v) is 2.39. The van der Waals surface area contributed by atoms with E-state index in [1.807, 2.05) is 13.0 Å². The predicted octanol–water partition coefficient (Wildman–Crippen LogP) is 0.803. The highest BCUT2D eigenvalue weighted by Gasteiger charge is 2.11. The number of para-hydroxylation sites is 2. The van der Waals surface area contributed by atoms with Crippen molar-refractivity contribution in [1.29, 1.82) is 0 Å². The average molecular weight is 266 g/mol. The number of methoxy groups -OCH3 is 1. The smallest absolute Gasteiger partial charge is 0.320 e. The van der Waals surface area contributed by atoms with Crippen molar-refractivity contribution in [2.24, 2.45) is 0 Å². The maximum Gasteiger partial charge on any atom is 0.320 e. The quantitative estimate of drug-likeness (QED) is 0.334. The Bertz CT molecular complexity index is 425. The van der Waals surface area contributed by atoms with Gasteiger partial charge in [-0.1, -0.05) is 19.1 Å². The molecule has 0 fully saturated rings. The van der Waals surface area contributed by atoms with Crippen LogP contribution in [0.1, 0.15) is 13.3 Å². The molecule has 0 spiro atoms. The molecule has 1 unspecified atom stereocenters. The molecule has 0 aliphatic carbocycles. The number of urea groups is 1. The molecular formula is C12H18N4O3. The zero-order chi connectivity index (χ0) is 14.1. The molecule has 0 aliphatic rings. The Morgan fingerprint density at radius 2 is 2.16 bits per heavy atom. The van der Waals surface area contributed by atoms with Crippen LogP contribution in [-0.4, -0.2) is 25.7 Å². The molecule has 3 amide bonds. The van der Waals surface area contributed by atoms with Gasteiger partial charge in [-0.05, 0) is 18.6 Å². The van der Waals surface area contributed by atoms with Crippen LogP contribution in [0.5, 0.6) is 5.75 Å². The van der Waals surface area contributed by atoms with E-state index in [0.717, 1.165) is 0 Å². The van der Waals surface area contributed by atoms with Gasteiger partial charge in [0.15, 0.2) is 0 Å². The summed E-state index contributed by atoms with van der Waals surface area (Å²) >= 11 is 0. The van der Waals surface area contributed by atoms with E-state index in [1.165, 1.54) is 7.11 Å². The lowest BCUT2D eigenvalue weighted by Gasteiger charge is -2.18. The molecule has 7 nitrogen and oxygen atoms in total. The van der Waals surface area contributed by atoms with E-state index in [-0.39, 0.29) is 6.17 Å². The minimum atomic E-state index is -0.392. The molecule has 1 aromatic rings. The highest BCUT2D eigenvalue weighted by Crippen LogP contribution is 2.22. The van der Waals surface area contributed by atoms with Gasteiger partial charge in [0.25, 0.3) is 0 Å². The normalized spacial score (nSPS) is 11.3. The monoisotopic (exact) mass is 266 g/mol. The van der Waals surface area contributed by atoms with Gasteiger partial charge in [-0.25, -0.2) is 10.2 Å². The molecule has 0 bridgehead atoms. The molecule has 19 heavy (non-hydrogen) atoms. The number of hydrogen-bond acceptors (Lipinski definition) is 4. The fourth-order valence-corrected chi connectivity index (χ4v) is 1.44. The lowest BCUT2D eigenvalue weighted by molar-refractivity contribution is -0.110. The van der Waals surface area contributed by atoms with E-state index in [4.69, 9.17) is 4.74 Å². The molecule has 0 radical (unpaired) electrons. The maximum absolute atomic E-state index is 11.8. The molecular weight excluding hydrogens is 248 g/mol. The zero-order valence-electron chi connectivity index (χ0n) is 10.9. The minimum Gasteiger partial charge on any atom is -0.495 e. The van der Waals surface area contributed by atoms with E-state index in [9.17, 15) is 9.59 Å². The second-order valence-corrected chi connectivity index (χ2v) is 3.67. The van der Waals surface area contributed by atoms with Crippen LogP contribution >= 0.6 is 0 Å².